The van der Waals surface area contributed by atoms with Gasteiger partial charge in [0, 0.05) is 19.7 Å². The number of aryl methyl sites for hydroxylation is 1. The lowest BCUT2D eigenvalue weighted by molar-refractivity contribution is -0.135. The highest BCUT2D eigenvalue weighted by Gasteiger charge is 2.39. The number of methoxy groups -OCH3 is 1. The van der Waals surface area contributed by atoms with Crippen LogP contribution in [0.3, 0.4) is 0 Å². The summed E-state index contributed by atoms with van der Waals surface area (Å²) in [5.41, 5.74) is 5.48. The molecule has 2 amide bonds. The fourth-order valence-corrected chi connectivity index (χ4v) is 3.31. The van der Waals surface area contributed by atoms with Crippen molar-refractivity contribution in [3.05, 3.63) is 23.7 Å². The van der Waals surface area contributed by atoms with E-state index in [-0.39, 0.29) is 24.6 Å². The van der Waals surface area contributed by atoms with Crippen LogP contribution in [-0.2, 0) is 20.9 Å². The molecule has 24 heavy (non-hydrogen) atoms. The number of rotatable bonds is 7. The number of likely N-dealkylation sites (tertiary alicyclic amines) is 1. The molecule has 1 saturated carbocycles. The van der Waals surface area contributed by atoms with Crippen molar-refractivity contribution >= 4 is 11.8 Å². The van der Waals surface area contributed by atoms with E-state index in [0.717, 1.165) is 24.4 Å². The van der Waals surface area contributed by atoms with Crippen molar-refractivity contribution < 1.29 is 18.7 Å². The van der Waals surface area contributed by atoms with Crippen molar-refractivity contribution in [1.82, 2.24) is 9.80 Å². The molecular weight excluding hydrogens is 310 g/mol. The van der Waals surface area contributed by atoms with Crippen molar-refractivity contribution in [2.45, 2.75) is 50.9 Å². The van der Waals surface area contributed by atoms with Crippen LogP contribution in [0, 0.1) is 6.92 Å². The molecule has 7 heteroatoms. The first kappa shape index (κ1) is 17.0. The minimum absolute atomic E-state index is 0.00885. The zero-order chi connectivity index (χ0) is 17.3. The van der Waals surface area contributed by atoms with Crippen LogP contribution < -0.4 is 5.73 Å². The molecule has 0 radical (unpaired) electrons. The predicted molar refractivity (Wildman–Crippen MR) is 87.0 cm³/mol. The van der Waals surface area contributed by atoms with Gasteiger partial charge in [-0.1, -0.05) is 0 Å². The van der Waals surface area contributed by atoms with Gasteiger partial charge in [-0.05, 0) is 38.3 Å². The highest BCUT2D eigenvalue weighted by molar-refractivity contribution is 5.83. The molecule has 1 saturated heterocycles. The predicted octanol–water partition coefficient (Wildman–Crippen LogP) is 0.654. The molecule has 2 atom stereocenters. The van der Waals surface area contributed by atoms with Gasteiger partial charge in [-0.3, -0.25) is 14.5 Å². The molecule has 2 N–H and O–H groups in total. The van der Waals surface area contributed by atoms with Crippen molar-refractivity contribution in [2.24, 2.45) is 5.73 Å². The summed E-state index contributed by atoms with van der Waals surface area (Å²) in [5, 5.41) is 0. The van der Waals surface area contributed by atoms with Crippen molar-refractivity contribution in [3.63, 3.8) is 0 Å². The van der Waals surface area contributed by atoms with E-state index in [1.807, 2.05) is 28.9 Å². The molecule has 1 aromatic rings. The molecule has 1 aliphatic heterocycles. The minimum atomic E-state index is -0.439. The molecule has 1 aliphatic carbocycles. The monoisotopic (exact) mass is 335 g/mol. The Morgan fingerprint density at radius 1 is 1.42 bits per heavy atom. The summed E-state index contributed by atoms with van der Waals surface area (Å²) in [6.07, 6.45) is 2.52. The first-order valence-corrected chi connectivity index (χ1v) is 8.39. The zero-order valence-corrected chi connectivity index (χ0v) is 14.2. The topological polar surface area (TPSA) is 89.0 Å². The van der Waals surface area contributed by atoms with Gasteiger partial charge >= 0.3 is 0 Å². The standard InChI is InChI=1S/C17H25N3O4/c1-11-3-6-13(24-11)9-20(12-4-5-12)16(21)10-19-8-14(23-2)7-15(19)17(18)22/h3,6,12,14-15H,4-5,7-10H2,1-2H3,(H2,18,22)/t14-,15-/m0/s1. The normalized spacial score (nSPS) is 24.2. The maximum absolute atomic E-state index is 12.8. The van der Waals surface area contributed by atoms with Crippen molar-refractivity contribution in [2.75, 3.05) is 20.2 Å². The second kappa shape index (κ2) is 6.94. The summed E-state index contributed by atoms with van der Waals surface area (Å²) in [6, 6.07) is 3.64. The molecule has 3 rings (SSSR count). The second-order valence-electron chi connectivity index (χ2n) is 6.71. The Morgan fingerprint density at radius 2 is 2.17 bits per heavy atom. The number of carbonyl (C=O) groups is 2. The maximum Gasteiger partial charge on any atom is 0.237 e. The van der Waals surface area contributed by atoms with Crippen LogP contribution in [0.15, 0.2) is 16.5 Å². The summed E-state index contributed by atoms with van der Waals surface area (Å²) in [6.45, 7) is 3.09. The first-order chi connectivity index (χ1) is 11.5. The van der Waals surface area contributed by atoms with E-state index in [1.165, 1.54) is 0 Å². The Bertz CT molecular complexity index is 611. The first-order valence-electron chi connectivity index (χ1n) is 8.39. The molecule has 1 aromatic heterocycles. The quantitative estimate of drug-likeness (QED) is 0.790. The lowest BCUT2D eigenvalue weighted by atomic mass is 10.2. The number of nitrogens with zero attached hydrogens (tertiary/aromatic N) is 2. The molecule has 2 fully saturated rings. The van der Waals surface area contributed by atoms with Gasteiger partial charge in [-0.15, -0.1) is 0 Å². The summed E-state index contributed by atoms with van der Waals surface area (Å²) >= 11 is 0. The van der Waals surface area contributed by atoms with Crippen LogP contribution >= 0.6 is 0 Å². The molecule has 0 aromatic carbocycles. The van der Waals surface area contributed by atoms with Crippen LogP contribution in [0.2, 0.25) is 0 Å². The largest absolute Gasteiger partial charge is 0.464 e. The molecule has 0 spiro atoms. The second-order valence-corrected chi connectivity index (χ2v) is 6.71. The molecule has 0 unspecified atom stereocenters. The van der Waals surface area contributed by atoms with Crippen LogP contribution in [0.4, 0.5) is 0 Å². The van der Waals surface area contributed by atoms with Gasteiger partial charge in [0.15, 0.2) is 0 Å². The van der Waals surface area contributed by atoms with Gasteiger partial charge in [-0.2, -0.15) is 0 Å². The molecule has 0 bridgehead atoms. The Kier molecular flexibility index (Phi) is 4.91. The van der Waals surface area contributed by atoms with Gasteiger partial charge in [-0.25, -0.2) is 0 Å². The van der Waals surface area contributed by atoms with Crippen LogP contribution in [0.5, 0.6) is 0 Å². The Balaban J connectivity index is 1.65. The number of hydrogen-bond acceptors (Lipinski definition) is 5. The Morgan fingerprint density at radius 3 is 2.71 bits per heavy atom. The molecule has 132 valence electrons. The van der Waals surface area contributed by atoms with Gasteiger partial charge < -0.3 is 19.8 Å². The van der Waals surface area contributed by atoms with Gasteiger partial charge in [0.2, 0.25) is 11.8 Å². The third kappa shape index (κ3) is 3.79. The Labute approximate surface area is 141 Å². The SMILES string of the molecule is CO[C@H]1C[C@@H](C(N)=O)N(CC(=O)N(Cc2ccc(C)o2)C2CC2)C1. The number of nitrogens with two attached hydrogens (primary N) is 1. The average Bonchev–Trinajstić information content (AvgIpc) is 3.16. The van der Waals surface area contributed by atoms with Gasteiger partial charge in [0.25, 0.3) is 0 Å². The van der Waals surface area contributed by atoms with E-state index >= 15 is 0 Å². The lowest BCUT2D eigenvalue weighted by Gasteiger charge is -2.26. The summed E-state index contributed by atoms with van der Waals surface area (Å²) in [4.78, 5) is 28.1. The number of ether oxygens (including phenoxy) is 1. The van der Waals surface area contributed by atoms with Crippen LogP contribution in [0.1, 0.15) is 30.8 Å². The average molecular weight is 335 g/mol. The molecule has 2 aliphatic rings. The van der Waals surface area contributed by atoms with Crippen LogP contribution in [0.25, 0.3) is 0 Å². The van der Waals surface area contributed by atoms with Crippen molar-refractivity contribution in [1.29, 1.82) is 0 Å². The van der Waals surface area contributed by atoms with E-state index < -0.39 is 11.9 Å². The maximum atomic E-state index is 12.8. The van der Waals surface area contributed by atoms with Gasteiger partial charge in [0.1, 0.15) is 11.5 Å². The number of primary amides is 1. The minimum Gasteiger partial charge on any atom is -0.464 e. The fraction of sp³-hybridized carbons (Fsp3) is 0.647. The zero-order valence-electron chi connectivity index (χ0n) is 14.2. The molecule has 7 nitrogen and oxygen atoms in total. The smallest absolute Gasteiger partial charge is 0.237 e. The molecule has 2 heterocycles. The number of hydrogen-bond donors (Lipinski definition) is 1. The highest BCUT2D eigenvalue weighted by atomic mass is 16.5. The van der Waals surface area contributed by atoms with E-state index in [4.69, 9.17) is 14.9 Å². The number of carbonyl (C=O) groups excluding carboxylic acids is 2. The highest BCUT2D eigenvalue weighted by Crippen LogP contribution is 2.29. The van der Waals surface area contributed by atoms with Gasteiger partial charge in [0.05, 0.1) is 25.2 Å². The van der Waals surface area contributed by atoms with Crippen LogP contribution in [-0.4, -0.2) is 60.0 Å². The van der Waals surface area contributed by atoms with E-state index in [0.29, 0.717) is 19.5 Å². The number of furan rings is 1. The third-order valence-corrected chi connectivity index (χ3v) is 4.80. The Hall–Kier alpha value is -1.86. The lowest BCUT2D eigenvalue weighted by Crippen LogP contribution is -2.47. The summed E-state index contributed by atoms with van der Waals surface area (Å²) in [7, 11) is 1.61. The number of amides is 2. The summed E-state index contributed by atoms with van der Waals surface area (Å²) in [5.74, 6) is 1.23. The summed E-state index contributed by atoms with van der Waals surface area (Å²) < 4.78 is 10.9. The fourth-order valence-electron chi connectivity index (χ4n) is 3.31. The van der Waals surface area contributed by atoms with E-state index in [2.05, 4.69) is 0 Å². The molecular formula is C17H25N3O4. The van der Waals surface area contributed by atoms with Crippen molar-refractivity contribution in [3.8, 4) is 0 Å². The van der Waals surface area contributed by atoms with E-state index in [1.54, 1.807) is 7.11 Å². The third-order valence-electron chi connectivity index (χ3n) is 4.80. The van der Waals surface area contributed by atoms with E-state index in [9.17, 15) is 9.59 Å².